The molecule has 4 heteroatoms. The number of hydrogen-bond donors (Lipinski definition) is 1. The maximum Gasteiger partial charge on any atom is 0.0700 e. The summed E-state index contributed by atoms with van der Waals surface area (Å²) < 4.78 is 10.3. The van der Waals surface area contributed by atoms with E-state index in [1.165, 1.54) is 12.8 Å². The number of methoxy groups -OCH3 is 1. The second kappa shape index (κ2) is 8.93. The minimum absolute atomic E-state index is 0.696. The van der Waals surface area contributed by atoms with Crippen molar-refractivity contribution < 1.29 is 9.47 Å². The van der Waals surface area contributed by atoms with Crippen LogP contribution in [-0.4, -0.2) is 64.6 Å². The lowest BCUT2D eigenvalue weighted by Crippen LogP contribution is -2.31. The van der Waals surface area contributed by atoms with Crippen LogP contribution < -0.4 is 5.32 Å². The molecule has 0 aromatic carbocycles. The van der Waals surface area contributed by atoms with Crippen LogP contribution in [0.4, 0.5) is 0 Å². The first kappa shape index (κ1) is 13.9. The van der Waals surface area contributed by atoms with E-state index < -0.39 is 0 Å². The Bertz CT molecular complexity index is 163. The van der Waals surface area contributed by atoms with Crippen molar-refractivity contribution in [3.8, 4) is 0 Å². The van der Waals surface area contributed by atoms with Gasteiger partial charge >= 0.3 is 0 Å². The molecule has 0 aliphatic heterocycles. The van der Waals surface area contributed by atoms with Crippen LogP contribution in [-0.2, 0) is 9.47 Å². The van der Waals surface area contributed by atoms with Gasteiger partial charge in [0.15, 0.2) is 0 Å². The van der Waals surface area contributed by atoms with Crippen molar-refractivity contribution in [2.24, 2.45) is 0 Å². The molecule has 0 amide bonds. The molecule has 0 aromatic rings. The molecule has 1 aliphatic rings. The van der Waals surface area contributed by atoms with E-state index in [-0.39, 0.29) is 0 Å². The Balaban J connectivity index is 1.76. The second-order valence-electron chi connectivity index (χ2n) is 4.49. The monoisotopic (exact) mass is 230 g/mol. The van der Waals surface area contributed by atoms with E-state index in [4.69, 9.17) is 9.47 Å². The van der Waals surface area contributed by atoms with Gasteiger partial charge in [-0.05, 0) is 26.3 Å². The number of ether oxygens (including phenoxy) is 2. The third-order valence-corrected chi connectivity index (χ3v) is 2.76. The van der Waals surface area contributed by atoms with E-state index in [0.29, 0.717) is 13.2 Å². The number of nitrogens with one attached hydrogen (secondary N) is 1. The molecule has 0 bridgehead atoms. The van der Waals surface area contributed by atoms with Gasteiger partial charge in [-0.3, -0.25) is 0 Å². The van der Waals surface area contributed by atoms with Crippen molar-refractivity contribution in [1.82, 2.24) is 10.2 Å². The van der Waals surface area contributed by atoms with Crippen molar-refractivity contribution in [2.45, 2.75) is 25.3 Å². The van der Waals surface area contributed by atoms with E-state index in [2.05, 4.69) is 17.3 Å². The van der Waals surface area contributed by atoms with Gasteiger partial charge in [-0.25, -0.2) is 0 Å². The zero-order chi connectivity index (χ0) is 11.6. The molecule has 1 N–H and O–H groups in total. The molecule has 0 atom stereocenters. The Morgan fingerprint density at radius 3 is 2.69 bits per heavy atom. The average Bonchev–Trinajstić information content (AvgIpc) is 3.07. The molecular formula is C12H26N2O2. The lowest BCUT2D eigenvalue weighted by Gasteiger charge is -2.16. The van der Waals surface area contributed by atoms with Crippen LogP contribution in [0.1, 0.15) is 19.3 Å². The highest BCUT2D eigenvalue weighted by molar-refractivity contribution is 4.80. The molecule has 1 aliphatic carbocycles. The van der Waals surface area contributed by atoms with Gasteiger partial charge < -0.3 is 19.7 Å². The van der Waals surface area contributed by atoms with Crippen LogP contribution in [0.5, 0.6) is 0 Å². The molecule has 4 nitrogen and oxygen atoms in total. The Hall–Kier alpha value is -0.160. The molecule has 0 radical (unpaired) electrons. The average molecular weight is 230 g/mol. The zero-order valence-electron chi connectivity index (χ0n) is 10.7. The van der Waals surface area contributed by atoms with Gasteiger partial charge in [0.2, 0.25) is 0 Å². The Morgan fingerprint density at radius 1 is 1.19 bits per heavy atom. The summed E-state index contributed by atoms with van der Waals surface area (Å²) in [6.07, 6.45) is 3.84. The number of likely N-dealkylation sites (N-methyl/N-ethyl adjacent to an activating group) is 1. The molecule has 16 heavy (non-hydrogen) atoms. The van der Waals surface area contributed by atoms with E-state index in [0.717, 1.165) is 38.7 Å². The molecule has 1 rings (SSSR count). The smallest absolute Gasteiger partial charge is 0.0700 e. The van der Waals surface area contributed by atoms with Gasteiger partial charge in [0, 0.05) is 39.4 Å². The van der Waals surface area contributed by atoms with E-state index in [1.54, 1.807) is 7.11 Å². The number of nitrogens with zero attached hydrogens (tertiary/aromatic N) is 1. The fraction of sp³-hybridized carbons (Fsp3) is 1.00. The highest BCUT2D eigenvalue weighted by Gasteiger charge is 2.19. The van der Waals surface area contributed by atoms with Crippen LogP contribution in [0.15, 0.2) is 0 Å². The standard InChI is InChI=1S/C12H26N2O2/c1-14(8-6-13-12-4-5-12)7-3-9-16-11-10-15-2/h12-13H,3-11H2,1-2H3. The van der Waals surface area contributed by atoms with Gasteiger partial charge in [-0.2, -0.15) is 0 Å². The van der Waals surface area contributed by atoms with Crippen LogP contribution >= 0.6 is 0 Å². The largest absolute Gasteiger partial charge is 0.382 e. The summed E-state index contributed by atoms with van der Waals surface area (Å²) >= 11 is 0. The predicted molar refractivity (Wildman–Crippen MR) is 65.8 cm³/mol. The van der Waals surface area contributed by atoms with E-state index in [1.807, 2.05) is 0 Å². The first-order valence-corrected chi connectivity index (χ1v) is 6.31. The van der Waals surface area contributed by atoms with Crippen LogP contribution in [0.3, 0.4) is 0 Å². The lowest BCUT2D eigenvalue weighted by atomic mass is 10.4. The zero-order valence-corrected chi connectivity index (χ0v) is 10.7. The van der Waals surface area contributed by atoms with Crippen LogP contribution in [0.2, 0.25) is 0 Å². The Kier molecular flexibility index (Phi) is 7.76. The summed E-state index contributed by atoms with van der Waals surface area (Å²) in [6.45, 7) is 5.61. The minimum Gasteiger partial charge on any atom is -0.382 e. The first-order chi connectivity index (χ1) is 7.83. The van der Waals surface area contributed by atoms with Gasteiger partial charge in [0.1, 0.15) is 0 Å². The Morgan fingerprint density at radius 2 is 2.00 bits per heavy atom. The molecule has 0 saturated heterocycles. The van der Waals surface area contributed by atoms with Gasteiger partial charge in [-0.1, -0.05) is 0 Å². The highest BCUT2D eigenvalue weighted by Crippen LogP contribution is 2.17. The van der Waals surface area contributed by atoms with E-state index >= 15 is 0 Å². The summed E-state index contributed by atoms with van der Waals surface area (Å²) in [5.41, 5.74) is 0. The second-order valence-corrected chi connectivity index (χ2v) is 4.49. The molecule has 96 valence electrons. The fourth-order valence-electron chi connectivity index (χ4n) is 1.54. The molecule has 1 fully saturated rings. The maximum atomic E-state index is 5.41. The normalized spacial score (nSPS) is 15.9. The van der Waals surface area contributed by atoms with Gasteiger partial charge in [-0.15, -0.1) is 0 Å². The Labute approximate surface area is 99.3 Å². The predicted octanol–water partition coefficient (Wildman–Crippen LogP) is 0.723. The van der Waals surface area contributed by atoms with E-state index in [9.17, 15) is 0 Å². The van der Waals surface area contributed by atoms with Gasteiger partial charge in [0.05, 0.1) is 13.2 Å². The van der Waals surface area contributed by atoms with Crippen molar-refractivity contribution in [2.75, 3.05) is 53.6 Å². The lowest BCUT2D eigenvalue weighted by molar-refractivity contribution is 0.0663. The summed E-state index contributed by atoms with van der Waals surface area (Å²) in [6, 6.07) is 0.825. The summed E-state index contributed by atoms with van der Waals surface area (Å²) in [5, 5.41) is 3.52. The number of rotatable bonds is 11. The maximum absolute atomic E-state index is 5.41. The topological polar surface area (TPSA) is 33.7 Å². The van der Waals surface area contributed by atoms with Crippen molar-refractivity contribution in [3.63, 3.8) is 0 Å². The molecule has 0 spiro atoms. The quantitative estimate of drug-likeness (QED) is 0.530. The fourth-order valence-corrected chi connectivity index (χ4v) is 1.54. The molecule has 0 aromatic heterocycles. The molecular weight excluding hydrogens is 204 g/mol. The molecule has 0 heterocycles. The third-order valence-electron chi connectivity index (χ3n) is 2.76. The molecule has 0 unspecified atom stereocenters. The number of hydrogen-bond acceptors (Lipinski definition) is 4. The SMILES string of the molecule is COCCOCCCN(C)CCNC1CC1. The first-order valence-electron chi connectivity index (χ1n) is 6.31. The highest BCUT2D eigenvalue weighted by atomic mass is 16.5. The van der Waals surface area contributed by atoms with Crippen LogP contribution in [0, 0.1) is 0 Å². The summed E-state index contributed by atoms with van der Waals surface area (Å²) in [5.74, 6) is 0. The van der Waals surface area contributed by atoms with Gasteiger partial charge in [0.25, 0.3) is 0 Å². The summed E-state index contributed by atoms with van der Waals surface area (Å²) in [4.78, 5) is 2.36. The molecule has 1 saturated carbocycles. The van der Waals surface area contributed by atoms with Crippen LogP contribution in [0.25, 0.3) is 0 Å². The minimum atomic E-state index is 0.696. The van der Waals surface area contributed by atoms with Crippen molar-refractivity contribution in [1.29, 1.82) is 0 Å². The van der Waals surface area contributed by atoms with Crippen molar-refractivity contribution >= 4 is 0 Å². The van der Waals surface area contributed by atoms with Crippen molar-refractivity contribution in [3.05, 3.63) is 0 Å². The third kappa shape index (κ3) is 8.05. The summed E-state index contributed by atoms with van der Waals surface area (Å²) in [7, 11) is 3.87.